The maximum Gasteiger partial charge on any atom is 0.130 e. The summed E-state index contributed by atoms with van der Waals surface area (Å²) in [4.78, 5) is 24.9. The van der Waals surface area contributed by atoms with Gasteiger partial charge in [-0.1, -0.05) is 51.1 Å². The predicted molar refractivity (Wildman–Crippen MR) is 182 cm³/mol. The van der Waals surface area contributed by atoms with Crippen molar-refractivity contribution in [2.24, 2.45) is 25.0 Å². The first kappa shape index (κ1) is 29.1. The normalized spacial score (nSPS) is 18.7. The summed E-state index contributed by atoms with van der Waals surface area (Å²) in [6, 6.07) is 15.2. The minimum absolute atomic E-state index is 0.188. The molecule has 4 aliphatic rings. The molecule has 0 saturated carbocycles. The van der Waals surface area contributed by atoms with E-state index >= 15 is 0 Å². The van der Waals surface area contributed by atoms with Crippen molar-refractivity contribution in [2.45, 2.75) is 60.8 Å². The molecule has 6 rings (SSSR count). The van der Waals surface area contributed by atoms with Crippen LogP contribution < -0.4 is 10.6 Å². The summed E-state index contributed by atoms with van der Waals surface area (Å²) in [5.41, 5.74) is 13.8. The number of fused-ring (bicyclic) bond motifs is 4. The fourth-order valence-corrected chi connectivity index (χ4v) is 6.14. The van der Waals surface area contributed by atoms with Crippen molar-refractivity contribution in [3.05, 3.63) is 134 Å². The van der Waals surface area contributed by atoms with Crippen LogP contribution in [0.5, 0.6) is 0 Å². The van der Waals surface area contributed by atoms with Crippen LogP contribution in [0.1, 0.15) is 66.4 Å². The second-order valence-corrected chi connectivity index (χ2v) is 11.2. The monoisotopic (exact) mass is 579 g/mol. The van der Waals surface area contributed by atoms with Gasteiger partial charge in [-0.2, -0.15) is 0 Å². The van der Waals surface area contributed by atoms with Crippen LogP contribution in [-0.2, 0) is 0 Å². The molecule has 220 valence electrons. The van der Waals surface area contributed by atoms with Crippen LogP contribution in [-0.4, -0.2) is 28.5 Å². The van der Waals surface area contributed by atoms with Crippen LogP contribution in [0.4, 0.5) is 5.69 Å². The molecule has 2 aromatic carbocycles. The van der Waals surface area contributed by atoms with Crippen molar-refractivity contribution < 1.29 is 5.11 Å². The highest BCUT2D eigenvalue weighted by Gasteiger charge is 2.25. The number of benzene rings is 2. The van der Waals surface area contributed by atoms with Gasteiger partial charge in [0.25, 0.3) is 0 Å². The Morgan fingerprint density at radius 2 is 1.27 bits per heavy atom. The molecule has 4 aliphatic heterocycles. The summed E-state index contributed by atoms with van der Waals surface area (Å²) in [5.74, 6) is 0.188. The molecule has 44 heavy (non-hydrogen) atoms. The Hall–Kier alpha value is -4.97. The summed E-state index contributed by atoms with van der Waals surface area (Å²) in [5, 5.41) is 12.4. The van der Waals surface area contributed by atoms with Gasteiger partial charge in [0, 0.05) is 10.8 Å². The standard InChI is InChI=1S/C38H37N5O/c1-7-27-22(4)31-18-32-28(8-2)23(5)36(42-32)20-39-30-16-15-26(38(44)25-13-11-10-12-14-25)17-35(30)40-21-37-24(6)29(9-3)34(43-37)19-33(27)41-31/h10-21,44H,7-9H2,1-6H3/b31-18?,34-19?,36-20?,38-26+,39-30?,40-21?. The lowest BCUT2D eigenvalue weighted by Gasteiger charge is -2.04. The zero-order chi connectivity index (χ0) is 31.0. The van der Waals surface area contributed by atoms with Crippen molar-refractivity contribution in [3.8, 4) is 0 Å². The molecule has 0 atom stereocenters. The number of nitrogens with zero attached hydrogens (tertiary/aromatic N) is 5. The Balaban J connectivity index is 1.61. The molecule has 1 N–H and O–H groups in total. The molecular weight excluding hydrogens is 542 g/mol. The van der Waals surface area contributed by atoms with E-state index in [-0.39, 0.29) is 5.76 Å². The first-order chi connectivity index (χ1) is 21.3. The summed E-state index contributed by atoms with van der Waals surface area (Å²) in [6.45, 7) is 12.8. The van der Waals surface area contributed by atoms with E-state index in [0.29, 0.717) is 16.3 Å². The van der Waals surface area contributed by atoms with Gasteiger partial charge in [0.05, 0.1) is 57.7 Å². The predicted octanol–water partition coefficient (Wildman–Crippen LogP) is 7.89. The molecule has 0 amide bonds. The molecule has 0 aliphatic carbocycles. The van der Waals surface area contributed by atoms with E-state index in [9.17, 15) is 5.11 Å². The van der Waals surface area contributed by atoms with Crippen LogP contribution in [0.2, 0.25) is 0 Å². The molecule has 6 heteroatoms. The third-order valence-corrected chi connectivity index (χ3v) is 8.72. The van der Waals surface area contributed by atoms with Crippen molar-refractivity contribution in [1.29, 1.82) is 0 Å². The van der Waals surface area contributed by atoms with E-state index in [1.807, 2.05) is 60.9 Å². The summed E-state index contributed by atoms with van der Waals surface area (Å²) in [7, 11) is 0. The Kier molecular flexibility index (Phi) is 7.92. The van der Waals surface area contributed by atoms with Crippen LogP contribution in [0.25, 0.3) is 5.76 Å². The van der Waals surface area contributed by atoms with E-state index in [1.54, 1.807) is 0 Å². The van der Waals surface area contributed by atoms with E-state index in [2.05, 4.69) is 53.7 Å². The van der Waals surface area contributed by atoms with Gasteiger partial charge in [0.2, 0.25) is 0 Å². The van der Waals surface area contributed by atoms with Crippen molar-refractivity contribution >= 4 is 34.8 Å². The van der Waals surface area contributed by atoms with Crippen molar-refractivity contribution in [2.75, 3.05) is 0 Å². The average Bonchev–Trinajstić information content (AvgIpc) is 3.62. The van der Waals surface area contributed by atoms with Crippen LogP contribution in [0, 0.1) is 0 Å². The van der Waals surface area contributed by atoms with E-state index < -0.39 is 0 Å². The Bertz CT molecular complexity index is 2020. The largest absolute Gasteiger partial charge is 0.507 e. The lowest BCUT2D eigenvalue weighted by atomic mass is 9.98. The second kappa shape index (κ2) is 12.0. The van der Waals surface area contributed by atoms with E-state index in [0.717, 1.165) is 70.2 Å². The molecule has 0 aromatic heterocycles. The summed E-state index contributed by atoms with van der Waals surface area (Å²) >= 11 is 0. The molecule has 6 nitrogen and oxygen atoms in total. The number of hydrogen-bond donors (Lipinski definition) is 1. The zero-order valence-electron chi connectivity index (χ0n) is 26.2. The number of aliphatic hydroxyl groups excluding tert-OH is 1. The molecule has 0 fully saturated rings. The first-order valence-corrected chi connectivity index (χ1v) is 15.3. The van der Waals surface area contributed by atoms with Gasteiger partial charge in [-0.05, 0) is 104 Å². The molecule has 0 saturated heterocycles. The lowest BCUT2D eigenvalue weighted by molar-refractivity contribution is 0.507. The summed E-state index contributed by atoms with van der Waals surface area (Å²) in [6.07, 6.45) is 10.5. The maximum atomic E-state index is 11.1. The number of rotatable bonds is 4. The lowest BCUT2D eigenvalue weighted by Crippen LogP contribution is -2.13. The van der Waals surface area contributed by atoms with E-state index in [1.165, 1.54) is 22.3 Å². The Morgan fingerprint density at radius 3 is 1.95 bits per heavy atom. The number of hydrogen-bond acceptors (Lipinski definition) is 6. The molecule has 0 spiro atoms. The van der Waals surface area contributed by atoms with Gasteiger partial charge in [0.1, 0.15) is 5.76 Å². The zero-order valence-corrected chi connectivity index (χ0v) is 26.2. The highest BCUT2D eigenvalue weighted by atomic mass is 16.3. The highest BCUT2D eigenvalue weighted by molar-refractivity contribution is 6.40. The first-order valence-electron chi connectivity index (χ1n) is 15.3. The second-order valence-electron chi connectivity index (χ2n) is 11.2. The number of aliphatic imine (C=N–C) groups is 4. The van der Waals surface area contributed by atoms with Gasteiger partial charge in [-0.25, -0.2) is 15.0 Å². The molecular formula is C38H37N5O. The maximum absolute atomic E-state index is 11.1. The van der Waals surface area contributed by atoms with Crippen LogP contribution in [0.3, 0.4) is 0 Å². The smallest absolute Gasteiger partial charge is 0.130 e. The van der Waals surface area contributed by atoms with Gasteiger partial charge in [-0.3, -0.25) is 9.98 Å². The topological polar surface area (TPSA) is 82.0 Å². The fraction of sp³-hybridized carbons (Fsp3) is 0.237. The van der Waals surface area contributed by atoms with Crippen LogP contribution in [0.15, 0.2) is 142 Å². The third kappa shape index (κ3) is 5.21. The minimum Gasteiger partial charge on any atom is -0.507 e. The Morgan fingerprint density at radius 1 is 0.659 bits per heavy atom. The number of allylic oxidation sites excluding steroid dienone is 8. The van der Waals surface area contributed by atoms with Gasteiger partial charge >= 0.3 is 0 Å². The van der Waals surface area contributed by atoms with Gasteiger partial charge in [0.15, 0.2) is 0 Å². The third-order valence-electron chi connectivity index (χ3n) is 8.72. The quantitative estimate of drug-likeness (QED) is 0.393. The fourth-order valence-electron chi connectivity index (χ4n) is 6.14. The van der Waals surface area contributed by atoms with Crippen molar-refractivity contribution in [1.82, 2.24) is 0 Å². The minimum atomic E-state index is 0.188. The van der Waals surface area contributed by atoms with Crippen LogP contribution >= 0.6 is 0 Å². The molecule has 0 unspecified atom stereocenters. The SMILES string of the molecule is CCC1=C(C)C2=NC1=CC1=NC(=CC3=NC(=CN=c4cc/c(=C(\O)c5ccccc5)cc4N=C2)C(C)=C3CC)C(C)=C1CC. The number of aliphatic hydroxyl groups is 1. The Labute approximate surface area is 258 Å². The molecule has 4 heterocycles. The van der Waals surface area contributed by atoms with Gasteiger partial charge < -0.3 is 5.11 Å². The molecule has 6 bridgehead atoms. The highest BCUT2D eigenvalue weighted by Crippen LogP contribution is 2.34. The van der Waals surface area contributed by atoms with E-state index in [4.69, 9.17) is 25.0 Å². The van der Waals surface area contributed by atoms with Crippen molar-refractivity contribution in [3.63, 3.8) is 0 Å². The average molecular weight is 580 g/mol. The molecule has 0 radical (unpaired) electrons. The summed E-state index contributed by atoms with van der Waals surface area (Å²) < 4.78 is 0. The molecule has 2 aromatic rings. The van der Waals surface area contributed by atoms with Gasteiger partial charge in [-0.15, -0.1) is 0 Å².